The van der Waals surface area contributed by atoms with E-state index in [0.717, 1.165) is 10.9 Å². The molecule has 16 heavy (non-hydrogen) atoms. The first-order valence-electron chi connectivity index (χ1n) is 5.97. The van der Waals surface area contributed by atoms with Gasteiger partial charge in [-0.25, -0.2) is 9.97 Å². The Morgan fingerprint density at radius 3 is 2.69 bits per heavy atom. The summed E-state index contributed by atoms with van der Waals surface area (Å²) in [6.45, 7) is 0. The van der Waals surface area contributed by atoms with Crippen LogP contribution in [0.1, 0.15) is 32.1 Å². The Labute approximate surface area is 100 Å². The molecule has 0 amide bonds. The van der Waals surface area contributed by atoms with E-state index >= 15 is 0 Å². The average molecular weight is 235 g/mol. The SMILES string of the molecule is Nc1nccnc1SCC12CCC(CC1)C2. The number of hydrogen-bond acceptors (Lipinski definition) is 4. The third kappa shape index (κ3) is 1.79. The summed E-state index contributed by atoms with van der Waals surface area (Å²) in [6, 6.07) is 0. The quantitative estimate of drug-likeness (QED) is 0.818. The van der Waals surface area contributed by atoms with Crippen molar-refractivity contribution in [3.63, 3.8) is 0 Å². The Kier molecular flexibility index (Phi) is 2.54. The van der Waals surface area contributed by atoms with Crippen molar-refractivity contribution in [2.24, 2.45) is 11.3 Å². The lowest BCUT2D eigenvalue weighted by Gasteiger charge is -2.25. The molecule has 0 radical (unpaired) electrons. The average Bonchev–Trinajstić information content (AvgIpc) is 2.89. The molecule has 0 aliphatic heterocycles. The number of nitrogen functional groups attached to an aromatic ring is 1. The zero-order valence-corrected chi connectivity index (χ0v) is 10.2. The van der Waals surface area contributed by atoms with Gasteiger partial charge in [0.15, 0.2) is 5.82 Å². The fourth-order valence-corrected chi connectivity index (χ4v) is 4.37. The lowest BCUT2D eigenvalue weighted by atomic mass is 9.87. The Morgan fingerprint density at radius 1 is 1.31 bits per heavy atom. The molecule has 0 spiro atoms. The van der Waals surface area contributed by atoms with E-state index in [-0.39, 0.29) is 0 Å². The van der Waals surface area contributed by atoms with Crippen molar-refractivity contribution in [1.82, 2.24) is 9.97 Å². The van der Waals surface area contributed by atoms with Crippen LogP contribution < -0.4 is 5.73 Å². The second-order valence-electron chi connectivity index (χ2n) is 5.18. The third-order valence-corrected chi connectivity index (χ3v) is 5.44. The second kappa shape index (κ2) is 3.91. The van der Waals surface area contributed by atoms with Crippen molar-refractivity contribution < 1.29 is 0 Å². The Hall–Kier alpha value is -0.770. The molecule has 1 heterocycles. The van der Waals surface area contributed by atoms with E-state index in [9.17, 15) is 0 Å². The van der Waals surface area contributed by atoms with E-state index in [1.165, 1.54) is 37.9 Å². The van der Waals surface area contributed by atoms with Crippen molar-refractivity contribution in [3.05, 3.63) is 12.4 Å². The Balaban J connectivity index is 1.67. The van der Waals surface area contributed by atoms with E-state index < -0.39 is 0 Å². The molecule has 86 valence electrons. The van der Waals surface area contributed by atoms with Crippen molar-refractivity contribution in [2.75, 3.05) is 11.5 Å². The van der Waals surface area contributed by atoms with E-state index in [4.69, 9.17) is 5.73 Å². The van der Waals surface area contributed by atoms with Crippen LogP contribution in [0.2, 0.25) is 0 Å². The summed E-state index contributed by atoms with van der Waals surface area (Å²) in [5.41, 5.74) is 6.40. The molecule has 4 heteroatoms. The summed E-state index contributed by atoms with van der Waals surface area (Å²) in [6.07, 6.45) is 10.5. The summed E-state index contributed by atoms with van der Waals surface area (Å²) in [5, 5.41) is 0.909. The van der Waals surface area contributed by atoms with Crippen molar-refractivity contribution in [2.45, 2.75) is 37.1 Å². The zero-order chi connectivity index (χ0) is 11.0. The second-order valence-corrected chi connectivity index (χ2v) is 6.15. The highest BCUT2D eigenvalue weighted by atomic mass is 32.2. The van der Waals surface area contributed by atoms with Crippen LogP contribution in [0.15, 0.2) is 17.4 Å². The number of nitrogens with two attached hydrogens (primary N) is 1. The lowest BCUT2D eigenvalue weighted by Crippen LogP contribution is -2.17. The maximum Gasteiger partial charge on any atom is 0.156 e. The number of hydrogen-bond donors (Lipinski definition) is 1. The predicted octanol–water partition coefficient (Wildman–Crippen LogP) is 2.73. The van der Waals surface area contributed by atoms with Gasteiger partial charge in [0, 0.05) is 18.1 Å². The number of thioether (sulfide) groups is 1. The van der Waals surface area contributed by atoms with E-state index in [1.54, 1.807) is 24.2 Å². The molecule has 2 N–H and O–H groups in total. The molecule has 0 atom stereocenters. The molecular formula is C12H17N3S. The minimum atomic E-state index is 0.580. The van der Waals surface area contributed by atoms with Crippen LogP contribution in [0.5, 0.6) is 0 Å². The van der Waals surface area contributed by atoms with Gasteiger partial charge in [-0.05, 0) is 43.4 Å². The molecule has 1 aromatic heterocycles. The molecule has 3 rings (SSSR count). The van der Waals surface area contributed by atoms with Crippen LogP contribution in [0.4, 0.5) is 5.82 Å². The van der Waals surface area contributed by atoms with Gasteiger partial charge in [-0.15, -0.1) is 11.8 Å². The van der Waals surface area contributed by atoms with Crippen molar-refractivity contribution in [1.29, 1.82) is 0 Å². The van der Waals surface area contributed by atoms with Crippen molar-refractivity contribution >= 4 is 17.6 Å². The highest BCUT2D eigenvalue weighted by molar-refractivity contribution is 7.99. The number of fused-ring (bicyclic) bond motifs is 2. The van der Waals surface area contributed by atoms with Gasteiger partial charge in [-0.1, -0.05) is 0 Å². The van der Waals surface area contributed by atoms with Crippen LogP contribution >= 0.6 is 11.8 Å². The monoisotopic (exact) mass is 235 g/mol. The summed E-state index contributed by atoms with van der Waals surface area (Å²) in [4.78, 5) is 8.37. The smallest absolute Gasteiger partial charge is 0.156 e. The van der Waals surface area contributed by atoms with E-state index in [2.05, 4.69) is 9.97 Å². The molecule has 2 bridgehead atoms. The summed E-state index contributed by atoms with van der Waals surface area (Å²) >= 11 is 1.80. The molecule has 2 saturated carbocycles. The molecule has 0 saturated heterocycles. The van der Waals surface area contributed by atoms with Gasteiger partial charge in [0.2, 0.25) is 0 Å². The predicted molar refractivity (Wildman–Crippen MR) is 66.2 cm³/mol. The third-order valence-electron chi connectivity index (χ3n) is 4.09. The van der Waals surface area contributed by atoms with Crippen LogP contribution in [-0.2, 0) is 0 Å². The minimum Gasteiger partial charge on any atom is -0.381 e. The van der Waals surface area contributed by atoms with E-state index in [0.29, 0.717) is 11.2 Å². The summed E-state index contributed by atoms with van der Waals surface area (Å²) in [5.74, 6) is 2.77. The summed E-state index contributed by atoms with van der Waals surface area (Å²) in [7, 11) is 0. The molecule has 1 aromatic rings. The Morgan fingerprint density at radius 2 is 2.06 bits per heavy atom. The molecule has 2 fully saturated rings. The standard InChI is InChI=1S/C12H17N3S/c13-10-11(15-6-5-14-10)16-8-12-3-1-9(7-12)2-4-12/h5-6,9H,1-4,7-8H2,(H2,13,14). The molecule has 0 aromatic carbocycles. The normalized spacial score (nSPS) is 32.1. The first kappa shape index (κ1) is 10.4. The van der Waals surface area contributed by atoms with Gasteiger partial charge in [0.1, 0.15) is 5.03 Å². The zero-order valence-electron chi connectivity index (χ0n) is 9.35. The minimum absolute atomic E-state index is 0.580. The maximum absolute atomic E-state index is 5.81. The maximum atomic E-state index is 5.81. The van der Waals surface area contributed by atoms with Crippen LogP contribution in [0, 0.1) is 11.3 Å². The Bertz CT molecular complexity index is 386. The number of nitrogens with zero attached hydrogens (tertiary/aromatic N) is 2. The number of aromatic nitrogens is 2. The van der Waals surface area contributed by atoms with Gasteiger partial charge in [0.25, 0.3) is 0 Å². The molecule has 2 aliphatic rings. The fourth-order valence-electron chi connectivity index (χ4n) is 3.18. The molecular weight excluding hydrogens is 218 g/mol. The molecule has 3 nitrogen and oxygen atoms in total. The molecule has 2 aliphatic carbocycles. The topological polar surface area (TPSA) is 51.8 Å². The number of anilines is 1. The highest BCUT2D eigenvalue weighted by Gasteiger charge is 2.44. The van der Waals surface area contributed by atoms with Crippen molar-refractivity contribution in [3.8, 4) is 0 Å². The van der Waals surface area contributed by atoms with Gasteiger partial charge in [0.05, 0.1) is 0 Å². The van der Waals surface area contributed by atoms with Crippen LogP contribution in [0.3, 0.4) is 0 Å². The van der Waals surface area contributed by atoms with Crippen LogP contribution in [-0.4, -0.2) is 15.7 Å². The first-order valence-corrected chi connectivity index (χ1v) is 6.95. The van der Waals surface area contributed by atoms with E-state index in [1.807, 2.05) is 0 Å². The van der Waals surface area contributed by atoms with Gasteiger partial charge in [-0.3, -0.25) is 0 Å². The largest absolute Gasteiger partial charge is 0.381 e. The number of rotatable bonds is 3. The van der Waals surface area contributed by atoms with Gasteiger partial charge >= 0.3 is 0 Å². The molecule has 0 unspecified atom stereocenters. The lowest BCUT2D eigenvalue weighted by molar-refractivity contribution is 0.341. The summed E-state index contributed by atoms with van der Waals surface area (Å²) < 4.78 is 0. The first-order chi connectivity index (χ1) is 7.77. The fraction of sp³-hybridized carbons (Fsp3) is 0.667. The highest BCUT2D eigenvalue weighted by Crippen LogP contribution is 2.55. The van der Waals surface area contributed by atoms with Gasteiger partial charge in [-0.2, -0.15) is 0 Å². The van der Waals surface area contributed by atoms with Gasteiger partial charge < -0.3 is 5.73 Å². The van der Waals surface area contributed by atoms with Crippen LogP contribution in [0.25, 0.3) is 0 Å².